The fraction of sp³-hybridized carbons (Fsp3) is 0.364. The van der Waals surface area contributed by atoms with Crippen LogP contribution < -0.4 is 5.73 Å². The van der Waals surface area contributed by atoms with Crippen LogP contribution in [-0.4, -0.2) is 15.9 Å². The Morgan fingerprint density at radius 3 is 3.00 bits per heavy atom. The van der Waals surface area contributed by atoms with Crippen LogP contribution in [0.25, 0.3) is 5.52 Å². The average Bonchev–Trinajstić information content (AvgIpc) is 2.62. The van der Waals surface area contributed by atoms with Gasteiger partial charge in [0.1, 0.15) is 0 Å². The highest BCUT2D eigenvalue weighted by Gasteiger charge is 2.10. The van der Waals surface area contributed by atoms with Crippen molar-refractivity contribution in [2.24, 2.45) is 5.73 Å². The molecular formula is C11H15N3. The van der Waals surface area contributed by atoms with Gasteiger partial charge < -0.3 is 10.1 Å². The Balaban J connectivity index is 2.63. The Kier molecular flexibility index (Phi) is 2.25. The summed E-state index contributed by atoms with van der Waals surface area (Å²) in [5.74, 6) is 0.321. The van der Waals surface area contributed by atoms with Gasteiger partial charge in [-0.1, -0.05) is 13.0 Å². The molecule has 0 aromatic carbocycles. The summed E-state index contributed by atoms with van der Waals surface area (Å²) in [7, 11) is 0. The lowest BCUT2D eigenvalue weighted by Crippen LogP contribution is -2.09. The topological polar surface area (TPSA) is 43.3 Å². The Morgan fingerprint density at radius 1 is 1.50 bits per heavy atom. The molecule has 2 aromatic rings. The van der Waals surface area contributed by atoms with E-state index < -0.39 is 0 Å². The molecule has 0 aliphatic rings. The molecule has 74 valence electrons. The predicted molar refractivity (Wildman–Crippen MR) is 57.4 cm³/mol. The first-order valence-electron chi connectivity index (χ1n) is 4.86. The van der Waals surface area contributed by atoms with Crippen molar-refractivity contribution in [1.82, 2.24) is 9.38 Å². The normalized spacial score (nSPS) is 13.4. The van der Waals surface area contributed by atoms with Crippen molar-refractivity contribution in [3.8, 4) is 0 Å². The minimum absolute atomic E-state index is 0.321. The second kappa shape index (κ2) is 3.42. The van der Waals surface area contributed by atoms with Gasteiger partial charge in [0.25, 0.3) is 0 Å². The zero-order valence-electron chi connectivity index (χ0n) is 8.57. The zero-order chi connectivity index (χ0) is 10.1. The number of imidazole rings is 1. The van der Waals surface area contributed by atoms with Crippen LogP contribution in [0.5, 0.6) is 0 Å². The van der Waals surface area contributed by atoms with Crippen molar-refractivity contribution in [3.05, 3.63) is 35.9 Å². The Morgan fingerprint density at radius 2 is 2.29 bits per heavy atom. The molecule has 0 amide bonds. The fourth-order valence-electron chi connectivity index (χ4n) is 1.67. The van der Waals surface area contributed by atoms with Gasteiger partial charge in [0, 0.05) is 18.2 Å². The number of aromatic nitrogens is 2. The number of rotatable bonds is 2. The molecule has 0 saturated heterocycles. The molecule has 1 atom stereocenters. The molecule has 3 nitrogen and oxygen atoms in total. The second-order valence-corrected chi connectivity index (χ2v) is 3.69. The molecule has 1 unspecified atom stereocenters. The molecule has 0 fully saturated rings. The zero-order valence-corrected chi connectivity index (χ0v) is 8.57. The molecule has 0 bridgehead atoms. The summed E-state index contributed by atoms with van der Waals surface area (Å²) < 4.78 is 2.10. The van der Waals surface area contributed by atoms with E-state index in [1.54, 1.807) is 0 Å². The van der Waals surface area contributed by atoms with Gasteiger partial charge >= 0.3 is 0 Å². The maximum absolute atomic E-state index is 5.64. The molecule has 0 aliphatic carbocycles. The van der Waals surface area contributed by atoms with Crippen molar-refractivity contribution in [3.63, 3.8) is 0 Å². The SMILES string of the molecule is Cc1cccc2c(C(C)CN)ncn12. The summed E-state index contributed by atoms with van der Waals surface area (Å²) in [6.45, 7) is 4.82. The number of hydrogen-bond acceptors (Lipinski definition) is 2. The van der Waals surface area contributed by atoms with E-state index in [9.17, 15) is 0 Å². The number of fused-ring (bicyclic) bond motifs is 1. The van der Waals surface area contributed by atoms with Crippen molar-refractivity contribution < 1.29 is 0 Å². The highest BCUT2D eigenvalue weighted by atomic mass is 15.0. The van der Waals surface area contributed by atoms with Gasteiger partial charge in [0.2, 0.25) is 0 Å². The Hall–Kier alpha value is -1.35. The van der Waals surface area contributed by atoms with Crippen LogP contribution >= 0.6 is 0 Å². The third-order valence-corrected chi connectivity index (χ3v) is 2.63. The summed E-state index contributed by atoms with van der Waals surface area (Å²) in [4.78, 5) is 4.41. The molecular weight excluding hydrogens is 174 g/mol. The first-order chi connectivity index (χ1) is 6.74. The second-order valence-electron chi connectivity index (χ2n) is 3.69. The van der Waals surface area contributed by atoms with Gasteiger partial charge in [-0.3, -0.25) is 0 Å². The quantitative estimate of drug-likeness (QED) is 0.781. The molecule has 3 heteroatoms. The summed E-state index contributed by atoms with van der Waals surface area (Å²) in [6, 6.07) is 6.21. The largest absolute Gasteiger partial charge is 0.330 e. The van der Waals surface area contributed by atoms with Crippen LogP contribution in [0.2, 0.25) is 0 Å². The van der Waals surface area contributed by atoms with Gasteiger partial charge in [0.05, 0.1) is 17.5 Å². The van der Waals surface area contributed by atoms with Crippen LogP contribution in [0.15, 0.2) is 24.5 Å². The third kappa shape index (κ3) is 1.30. The maximum atomic E-state index is 5.64. The molecule has 2 aromatic heterocycles. The van der Waals surface area contributed by atoms with E-state index in [1.807, 2.05) is 6.33 Å². The monoisotopic (exact) mass is 189 g/mol. The minimum atomic E-state index is 0.321. The van der Waals surface area contributed by atoms with Gasteiger partial charge in [0.15, 0.2) is 0 Å². The maximum Gasteiger partial charge on any atom is 0.0997 e. The van der Waals surface area contributed by atoms with E-state index in [2.05, 4.69) is 41.4 Å². The molecule has 0 aliphatic heterocycles. The molecule has 2 rings (SSSR count). The van der Waals surface area contributed by atoms with E-state index in [4.69, 9.17) is 5.73 Å². The first kappa shape index (κ1) is 9.21. The predicted octanol–water partition coefficient (Wildman–Crippen LogP) is 1.70. The summed E-state index contributed by atoms with van der Waals surface area (Å²) in [5, 5.41) is 0. The van der Waals surface area contributed by atoms with Gasteiger partial charge in [-0.25, -0.2) is 4.98 Å². The van der Waals surface area contributed by atoms with Gasteiger partial charge in [-0.15, -0.1) is 0 Å². The third-order valence-electron chi connectivity index (χ3n) is 2.63. The molecule has 2 N–H and O–H groups in total. The highest BCUT2D eigenvalue weighted by Crippen LogP contribution is 2.19. The van der Waals surface area contributed by atoms with Crippen molar-refractivity contribution in [1.29, 1.82) is 0 Å². The standard InChI is InChI=1S/C11H15N3/c1-8(6-12)11-10-5-3-4-9(2)14(10)7-13-11/h3-5,7-8H,6,12H2,1-2H3. The van der Waals surface area contributed by atoms with Crippen molar-refractivity contribution >= 4 is 5.52 Å². The molecule has 0 saturated carbocycles. The van der Waals surface area contributed by atoms with E-state index in [-0.39, 0.29) is 0 Å². The van der Waals surface area contributed by atoms with Gasteiger partial charge in [-0.2, -0.15) is 0 Å². The van der Waals surface area contributed by atoms with E-state index in [0.717, 1.165) is 5.69 Å². The Labute approximate surface area is 83.6 Å². The van der Waals surface area contributed by atoms with Crippen molar-refractivity contribution in [2.75, 3.05) is 6.54 Å². The number of aryl methyl sites for hydroxylation is 1. The summed E-state index contributed by atoms with van der Waals surface area (Å²) in [6.07, 6.45) is 1.87. The van der Waals surface area contributed by atoms with Crippen LogP contribution in [0.1, 0.15) is 24.2 Å². The minimum Gasteiger partial charge on any atom is -0.330 e. The lowest BCUT2D eigenvalue weighted by molar-refractivity contribution is 0.757. The number of nitrogens with zero attached hydrogens (tertiary/aromatic N) is 2. The van der Waals surface area contributed by atoms with E-state index >= 15 is 0 Å². The van der Waals surface area contributed by atoms with Crippen LogP contribution in [-0.2, 0) is 0 Å². The fourth-order valence-corrected chi connectivity index (χ4v) is 1.67. The number of nitrogens with two attached hydrogens (primary N) is 1. The van der Waals surface area contributed by atoms with E-state index in [0.29, 0.717) is 12.5 Å². The lowest BCUT2D eigenvalue weighted by Gasteiger charge is -2.05. The smallest absolute Gasteiger partial charge is 0.0997 e. The highest BCUT2D eigenvalue weighted by molar-refractivity contribution is 5.54. The summed E-state index contributed by atoms with van der Waals surface area (Å²) in [5.41, 5.74) is 9.11. The molecule has 0 spiro atoms. The Bertz CT molecular complexity index is 445. The average molecular weight is 189 g/mol. The van der Waals surface area contributed by atoms with Crippen LogP contribution in [0.3, 0.4) is 0 Å². The molecule has 14 heavy (non-hydrogen) atoms. The van der Waals surface area contributed by atoms with E-state index in [1.165, 1.54) is 11.2 Å². The van der Waals surface area contributed by atoms with Gasteiger partial charge in [-0.05, 0) is 19.1 Å². The first-order valence-corrected chi connectivity index (χ1v) is 4.86. The lowest BCUT2D eigenvalue weighted by atomic mass is 10.1. The number of hydrogen-bond donors (Lipinski definition) is 1. The molecule has 0 radical (unpaired) electrons. The van der Waals surface area contributed by atoms with Crippen LogP contribution in [0.4, 0.5) is 0 Å². The van der Waals surface area contributed by atoms with Crippen LogP contribution in [0, 0.1) is 6.92 Å². The number of pyridine rings is 1. The summed E-state index contributed by atoms with van der Waals surface area (Å²) >= 11 is 0. The van der Waals surface area contributed by atoms with Crippen molar-refractivity contribution in [2.45, 2.75) is 19.8 Å². The molecule has 2 heterocycles.